The SMILES string of the molecule is COc1ccc([C@@]23C(=O)N(Nc4ccc(Cl)cc4Cl)C(=O)[C@@H]2C[C@@H]2C(=CC[C@@H]4C(=O)N(c5ccc([N+](=O)[O-])cc5)C(=O)[C@@H]42)[C@@H]3c2ccc(O)c(C)c2)cc1. The molecule has 0 unspecified atom stereocenters. The van der Waals surface area contributed by atoms with E-state index in [1.807, 2.05) is 6.08 Å². The van der Waals surface area contributed by atoms with Gasteiger partial charge in [-0.1, -0.05) is 59.1 Å². The minimum atomic E-state index is -1.56. The molecule has 2 heterocycles. The number of amides is 4. The molecule has 54 heavy (non-hydrogen) atoms. The third-order valence-electron chi connectivity index (χ3n) is 11.5. The van der Waals surface area contributed by atoms with Crippen molar-refractivity contribution >= 4 is 63.9 Å². The van der Waals surface area contributed by atoms with E-state index in [0.29, 0.717) is 27.5 Å². The standard InChI is InChI=1S/C40H32Cl2N4O8/c1-20-17-21(3-16-33(20)47)35-27-13-14-28-34(38(50)44(36(28)48)24-7-9-25(10-8-24)46(52)53)29(27)19-30-37(49)45(43-32-15-6-23(41)18-31(32)42)39(51)40(30,35)22-4-11-26(54-2)12-5-22/h3-13,15-18,28-30,34-35,43,47H,14,19H2,1-2H3/t28-,29+,30-,34-,35-,40+/m0/s1. The van der Waals surface area contributed by atoms with Gasteiger partial charge in [0.25, 0.3) is 17.5 Å². The van der Waals surface area contributed by atoms with Gasteiger partial charge < -0.3 is 9.84 Å². The van der Waals surface area contributed by atoms with Gasteiger partial charge in [-0.05, 0) is 90.9 Å². The summed E-state index contributed by atoms with van der Waals surface area (Å²) < 4.78 is 5.45. The van der Waals surface area contributed by atoms with Gasteiger partial charge in [-0.15, -0.1) is 0 Å². The summed E-state index contributed by atoms with van der Waals surface area (Å²) in [5.41, 5.74) is 4.16. The molecule has 4 aromatic carbocycles. The number of nitro benzene ring substituents is 1. The number of anilines is 2. The second-order valence-corrected chi connectivity index (χ2v) is 14.9. The lowest BCUT2D eigenvalue weighted by Crippen LogP contribution is -2.53. The lowest BCUT2D eigenvalue weighted by Gasteiger charge is -2.50. The minimum absolute atomic E-state index is 0.0450. The zero-order chi connectivity index (χ0) is 38.2. The summed E-state index contributed by atoms with van der Waals surface area (Å²) in [4.78, 5) is 70.6. The van der Waals surface area contributed by atoms with Gasteiger partial charge in [-0.3, -0.25) is 39.6 Å². The average Bonchev–Trinajstić information content (AvgIpc) is 3.54. The fourth-order valence-electron chi connectivity index (χ4n) is 9.05. The maximum atomic E-state index is 15.4. The zero-order valence-electron chi connectivity index (χ0n) is 28.9. The van der Waals surface area contributed by atoms with Crippen LogP contribution in [0, 0.1) is 40.7 Å². The molecule has 12 nitrogen and oxygen atoms in total. The van der Waals surface area contributed by atoms with Crippen LogP contribution in [-0.4, -0.2) is 45.8 Å². The highest BCUT2D eigenvalue weighted by Crippen LogP contribution is 2.64. The number of phenolic OH excluding ortho intramolecular Hbond substituents is 1. The number of nitrogens with one attached hydrogen (secondary N) is 1. The number of rotatable bonds is 7. The molecule has 0 spiro atoms. The van der Waals surface area contributed by atoms with E-state index in [-0.39, 0.29) is 40.7 Å². The van der Waals surface area contributed by atoms with Crippen LogP contribution in [0.4, 0.5) is 17.1 Å². The first-order valence-electron chi connectivity index (χ1n) is 17.2. The summed E-state index contributed by atoms with van der Waals surface area (Å²) in [7, 11) is 1.53. The molecule has 0 aromatic heterocycles. The molecule has 2 aliphatic heterocycles. The van der Waals surface area contributed by atoms with Crippen molar-refractivity contribution in [3.05, 3.63) is 133 Å². The molecule has 4 aliphatic rings. The highest BCUT2D eigenvalue weighted by Gasteiger charge is 2.70. The summed E-state index contributed by atoms with van der Waals surface area (Å²) in [6.45, 7) is 1.74. The largest absolute Gasteiger partial charge is 0.508 e. The molecule has 4 aromatic rings. The molecule has 0 bridgehead atoms. The summed E-state index contributed by atoms with van der Waals surface area (Å²) in [5.74, 6) is -5.57. The number of carbonyl (C=O) groups is 4. The van der Waals surface area contributed by atoms with E-state index in [9.17, 15) is 29.6 Å². The second-order valence-electron chi connectivity index (χ2n) is 14.0. The topological polar surface area (TPSA) is 159 Å². The third-order valence-corrected chi connectivity index (χ3v) is 12.0. The van der Waals surface area contributed by atoms with Crippen LogP contribution in [0.25, 0.3) is 0 Å². The number of phenols is 1. The number of hydrazine groups is 1. The number of halogens is 2. The van der Waals surface area contributed by atoms with Crippen molar-refractivity contribution in [2.24, 2.45) is 23.7 Å². The molecule has 3 fully saturated rings. The molecule has 2 aliphatic carbocycles. The number of ether oxygens (including phenoxy) is 1. The number of carbonyl (C=O) groups excluding carboxylic acids is 4. The summed E-state index contributed by atoms with van der Waals surface area (Å²) in [6.07, 6.45) is 2.16. The summed E-state index contributed by atoms with van der Waals surface area (Å²) in [6, 6.07) is 21.9. The van der Waals surface area contributed by atoms with Crippen LogP contribution in [0.5, 0.6) is 11.5 Å². The molecule has 8 rings (SSSR count). The van der Waals surface area contributed by atoms with Gasteiger partial charge in [0.05, 0.1) is 51.6 Å². The monoisotopic (exact) mass is 766 g/mol. The molecule has 6 atom stereocenters. The molecule has 2 saturated heterocycles. The summed E-state index contributed by atoms with van der Waals surface area (Å²) in [5, 5.41) is 23.5. The first kappa shape index (κ1) is 35.3. The number of allylic oxidation sites excluding steroid dienone is 2. The van der Waals surface area contributed by atoms with Crippen molar-refractivity contribution in [3.63, 3.8) is 0 Å². The highest BCUT2D eigenvalue weighted by atomic mass is 35.5. The maximum absolute atomic E-state index is 15.4. The van der Waals surface area contributed by atoms with Gasteiger partial charge in [-0.2, -0.15) is 5.01 Å². The van der Waals surface area contributed by atoms with Crippen LogP contribution in [0.3, 0.4) is 0 Å². The first-order chi connectivity index (χ1) is 25.9. The Morgan fingerprint density at radius 3 is 2.28 bits per heavy atom. The Morgan fingerprint density at radius 2 is 1.63 bits per heavy atom. The molecule has 274 valence electrons. The van der Waals surface area contributed by atoms with Gasteiger partial charge in [0.15, 0.2) is 0 Å². The van der Waals surface area contributed by atoms with E-state index >= 15 is 4.79 Å². The number of nitro groups is 1. The molecule has 14 heteroatoms. The Balaban J connectivity index is 1.31. The van der Waals surface area contributed by atoms with Crippen molar-refractivity contribution in [2.75, 3.05) is 17.4 Å². The Hall–Kier alpha value is -5.72. The van der Waals surface area contributed by atoms with E-state index in [0.717, 1.165) is 15.5 Å². The van der Waals surface area contributed by atoms with E-state index in [4.69, 9.17) is 27.9 Å². The Morgan fingerprint density at radius 1 is 0.907 bits per heavy atom. The number of nitrogens with zero attached hydrogens (tertiary/aromatic N) is 3. The predicted octanol–water partition coefficient (Wildman–Crippen LogP) is 7.11. The smallest absolute Gasteiger partial charge is 0.269 e. The maximum Gasteiger partial charge on any atom is 0.269 e. The predicted molar refractivity (Wildman–Crippen MR) is 199 cm³/mol. The first-order valence-corrected chi connectivity index (χ1v) is 18.0. The average molecular weight is 768 g/mol. The van der Waals surface area contributed by atoms with Crippen molar-refractivity contribution in [3.8, 4) is 11.5 Å². The van der Waals surface area contributed by atoms with Gasteiger partial charge in [0, 0.05) is 23.1 Å². The number of imide groups is 2. The number of benzene rings is 4. The Kier molecular flexibility index (Phi) is 8.50. The van der Waals surface area contributed by atoms with E-state index in [1.165, 1.54) is 37.4 Å². The zero-order valence-corrected chi connectivity index (χ0v) is 30.4. The minimum Gasteiger partial charge on any atom is -0.508 e. The quantitative estimate of drug-likeness (QED) is 0.0865. The van der Waals surface area contributed by atoms with Gasteiger partial charge in [0.1, 0.15) is 11.5 Å². The normalized spacial score (nSPS) is 25.9. The van der Waals surface area contributed by atoms with Crippen molar-refractivity contribution in [2.45, 2.75) is 31.1 Å². The van der Waals surface area contributed by atoms with Gasteiger partial charge in [0.2, 0.25) is 11.8 Å². The van der Waals surface area contributed by atoms with Gasteiger partial charge in [-0.25, -0.2) is 0 Å². The molecular formula is C40H32Cl2N4O8. The van der Waals surface area contributed by atoms with E-state index in [2.05, 4.69) is 5.43 Å². The number of hydrogen-bond acceptors (Lipinski definition) is 9. The Labute approximate surface area is 319 Å². The third kappa shape index (κ3) is 5.18. The van der Waals surface area contributed by atoms with E-state index < -0.39 is 63.6 Å². The lowest BCUT2D eigenvalue weighted by molar-refractivity contribution is -0.384. The van der Waals surface area contributed by atoms with Crippen LogP contribution in [-0.2, 0) is 24.6 Å². The molecule has 1 saturated carbocycles. The number of aromatic hydroxyl groups is 1. The fourth-order valence-corrected chi connectivity index (χ4v) is 9.51. The fraction of sp³-hybridized carbons (Fsp3) is 0.250. The molecule has 2 N–H and O–H groups in total. The van der Waals surface area contributed by atoms with E-state index in [1.54, 1.807) is 61.5 Å². The van der Waals surface area contributed by atoms with Crippen LogP contribution in [0.15, 0.2) is 96.6 Å². The van der Waals surface area contributed by atoms with Crippen LogP contribution < -0.4 is 15.1 Å². The van der Waals surface area contributed by atoms with Crippen LogP contribution >= 0.6 is 23.2 Å². The van der Waals surface area contributed by atoms with Gasteiger partial charge >= 0.3 is 0 Å². The van der Waals surface area contributed by atoms with Crippen LogP contribution in [0.1, 0.15) is 35.4 Å². The molecular weight excluding hydrogens is 735 g/mol. The van der Waals surface area contributed by atoms with Crippen molar-refractivity contribution in [1.29, 1.82) is 0 Å². The number of non-ortho nitro benzene ring substituents is 1. The summed E-state index contributed by atoms with van der Waals surface area (Å²) >= 11 is 12.7. The van der Waals surface area contributed by atoms with Crippen molar-refractivity contribution in [1.82, 2.24) is 5.01 Å². The molecule has 4 amide bonds. The Bertz CT molecular complexity index is 2310. The number of hydrogen-bond donors (Lipinski definition) is 2. The molecule has 0 radical (unpaired) electrons. The number of fused-ring (bicyclic) bond motifs is 4. The second kappa shape index (κ2) is 13.0. The lowest BCUT2D eigenvalue weighted by atomic mass is 9.49. The van der Waals surface area contributed by atoms with Crippen molar-refractivity contribution < 1.29 is 33.9 Å². The number of methoxy groups -OCH3 is 1. The highest BCUT2D eigenvalue weighted by molar-refractivity contribution is 6.36. The number of aryl methyl sites for hydroxylation is 1. The van der Waals surface area contributed by atoms with Crippen LogP contribution in [0.2, 0.25) is 10.0 Å².